The van der Waals surface area contributed by atoms with Crippen LogP contribution in [0.1, 0.15) is 5.56 Å². The summed E-state index contributed by atoms with van der Waals surface area (Å²) in [6.45, 7) is 0. The number of ether oxygens (including phenoxy) is 2. The van der Waals surface area contributed by atoms with E-state index in [0.29, 0.717) is 32.4 Å². The number of methoxy groups -OCH3 is 2. The van der Waals surface area contributed by atoms with Crippen LogP contribution in [0, 0.1) is 10.1 Å². The molecule has 0 saturated heterocycles. The summed E-state index contributed by atoms with van der Waals surface area (Å²) in [7, 11) is 3.09. The lowest BCUT2D eigenvalue weighted by Gasteiger charge is -2.07. The third-order valence-corrected chi connectivity index (χ3v) is 4.60. The van der Waals surface area contributed by atoms with E-state index in [0.717, 1.165) is 0 Å². The van der Waals surface area contributed by atoms with Crippen LogP contribution in [0.4, 0.5) is 10.8 Å². The lowest BCUT2D eigenvalue weighted by molar-refractivity contribution is -0.384. The van der Waals surface area contributed by atoms with E-state index in [9.17, 15) is 14.9 Å². The van der Waals surface area contributed by atoms with Gasteiger partial charge in [0.1, 0.15) is 11.5 Å². The number of fused-ring (bicyclic) bond motifs is 1. The van der Waals surface area contributed by atoms with Gasteiger partial charge in [0.25, 0.3) is 5.69 Å². The quantitative estimate of drug-likeness (QED) is 0.392. The number of hydrogen-bond acceptors (Lipinski definition) is 7. The molecule has 1 N–H and O–H groups in total. The molecular formula is C18H15N3O5S. The predicted molar refractivity (Wildman–Crippen MR) is 103 cm³/mol. The fraction of sp³-hybridized carbons (Fsp3) is 0.111. The molecule has 1 heterocycles. The Balaban J connectivity index is 1.75. The van der Waals surface area contributed by atoms with Gasteiger partial charge in [-0.3, -0.25) is 20.2 Å². The van der Waals surface area contributed by atoms with Crippen molar-refractivity contribution in [2.24, 2.45) is 0 Å². The molecule has 3 rings (SSSR count). The van der Waals surface area contributed by atoms with Gasteiger partial charge in [0, 0.05) is 29.8 Å². The van der Waals surface area contributed by atoms with Crippen LogP contribution in [0.2, 0.25) is 0 Å². The molecule has 27 heavy (non-hydrogen) atoms. The summed E-state index contributed by atoms with van der Waals surface area (Å²) in [6.07, 6.45) is 2.98. The number of nitrogens with zero attached hydrogens (tertiary/aromatic N) is 2. The Labute approximate surface area is 158 Å². The number of nitro groups is 1. The molecule has 0 aliphatic rings. The number of nitro benzene ring substituents is 1. The molecule has 0 aliphatic heterocycles. The van der Waals surface area contributed by atoms with Crippen LogP contribution in [0.5, 0.6) is 11.5 Å². The lowest BCUT2D eigenvalue weighted by Crippen LogP contribution is -2.07. The van der Waals surface area contributed by atoms with E-state index < -0.39 is 4.92 Å². The Bertz CT molecular complexity index is 1040. The number of rotatable bonds is 6. The lowest BCUT2D eigenvalue weighted by atomic mass is 10.1. The Kier molecular flexibility index (Phi) is 5.32. The molecule has 0 spiro atoms. The van der Waals surface area contributed by atoms with Gasteiger partial charge in [-0.2, -0.15) is 0 Å². The van der Waals surface area contributed by atoms with Crippen molar-refractivity contribution in [3.05, 3.63) is 58.2 Å². The number of nitrogens with one attached hydrogen (secondary N) is 1. The average Bonchev–Trinajstić information content (AvgIpc) is 3.07. The summed E-state index contributed by atoms with van der Waals surface area (Å²) in [5, 5.41) is 13.9. The highest BCUT2D eigenvalue weighted by Crippen LogP contribution is 2.29. The van der Waals surface area contributed by atoms with E-state index in [2.05, 4.69) is 10.3 Å². The standard InChI is InChI=1S/C18H15N3O5S/c1-25-13-6-3-11(15(10-13)26-2)4-8-17(22)20-18-19-14-7-5-12(21(23)24)9-16(14)27-18/h3-10H,1-2H3,(H,19,20,22). The molecule has 0 saturated carbocycles. The van der Waals surface area contributed by atoms with E-state index in [1.807, 2.05) is 0 Å². The number of non-ortho nitro benzene ring substituents is 1. The molecule has 8 nitrogen and oxygen atoms in total. The summed E-state index contributed by atoms with van der Waals surface area (Å²) in [6, 6.07) is 9.62. The second-order valence-electron chi connectivity index (χ2n) is 5.36. The molecule has 138 valence electrons. The first kappa shape index (κ1) is 18.3. The van der Waals surface area contributed by atoms with Crippen LogP contribution in [0.3, 0.4) is 0 Å². The molecule has 0 unspecified atom stereocenters. The maximum absolute atomic E-state index is 12.2. The van der Waals surface area contributed by atoms with Gasteiger partial charge in [-0.05, 0) is 24.3 Å². The number of aromatic nitrogens is 1. The van der Waals surface area contributed by atoms with Crippen molar-refractivity contribution in [3.8, 4) is 11.5 Å². The van der Waals surface area contributed by atoms with Crippen molar-refractivity contribution < 1.29 is 19.2 Å². The van der Waals surface area contributed by atoms with Gasteiger partial charge >= 0.3 is 0 Å². The topological polar surface area (TPSA) is 104 Å². The predicted octanol–water partition coefficient (Wildman–Crippen LogP) is 3.87. The third kappa shape index (κ3) is 4.21. The maximum Gasteiger partial charge on any atom is 0.270 e. The van der Waals surface area contributed by atoms with E-state index in [4.69, 9.17) is 9.47 Å². The first-order valence-corrected chi connectivity index (χ1v) is 8.58. The molecule has 0 fully saturated rings. The van der Waals surface area contributed by atoms with Crippen molar-refractivity contribution >= 4 is 44.4 Å². The van der Waals surface area contributed by atoms with Crippen LogP contribution >= 0.6 is 11.3 Å². The SMILES string of the molecule is COc1ccc(C=CC(=O)Nc2nc3ccc([N+](=O)[O-])cc3s2)c(OC)c1. The van der Waals surface area contributed by atoms with Crippen LogP contribution in [-0.4, -0.2) is 30.0 Å². The molecule has 1 amide bonds. The highest BCUT2D eigenvalue weighted by molar-refractivity contribution is 7.22. The number of carbonyl (C=O) groups excluding carboxylic acids is 1. The second kappa shape index (κ2) is 7.83. The van der Waals surface area contributed by atoms with Gasteiger partial charge in [0.05, 0.1) is 29.4 Å². The number of hydrogen-bond donors (Lipinski definition) is 1. The van der Waals surface area contributed by atoms with Gasteiger partial charge in [-0.25, -0.2) is 4.98 Å². The zero-order valence-corrected chi connectivity index (χ0v) is 15.3. The number of amides is 1. The Hall–Kier alpha value is -3.46. The van der Waals surface area contributed by atoms with Crippen molar-refractivity contribution in [1.82, 2.24) is 4.98 Å². The largest absolute Gasteiger partial charge is 0.497 e. The Morgan fingerprint density at radius 1 is 1.22 bits per heavy atom. The molecule has 0 atom stereocenters. The van der Waals surface area contributed by atoms with Gasteiger partial charge in [-0.1, -0.05) is 11.3 Å². The minimum Gasteiger partial charge on any atom is -0.497 e. The Morgan fingerprint density at radius 2 is 2.04 bits per heavy atom. The first-order chi connectivity index (χ1) is 13.0. The smallest absolute Gasteiger partial charge is 0.270 e. The van der Waals surface area contributed by atoms with Gasteiger partial charge in [0.15, 0.2) is 5.13 Å². The second-order valence-corrected chi connectivity index (χ2v) is 6.39. The molecule has 0 radical (unpaired) electrons. The fourth-order valence-electron chi connectivity index (χ4n) is 2.35. The summed E-state index contributed by atoms with van der Waals surface area (Å²) in [4.78, 5) is 26.8. The summed E-state index contributed by atoms with van der Waals surface area (Å²) in [5.41, 5.74) is 1.28. The molecule has 9 heteroatoms. The van der Waals surface area contributed by atoms with E-state index in [-0.39, 0.29) is 11.6 Å². The van der Waals surface area contributed by atoms with E-state index in [1.54, 1.807) is 37.5 Å². The van der Waals surface area contributed by atoms with Crippen molar-refractivity contribution in [3.63, 3.8) is 0 Å². The summed E-state index contributed by atoms with van der Waals surface area (Å²) in [5.74, 6) is 0.851. The van der Waals surface area contributed by atoms with Gasteiger partial charge in [-0.15, -0.1) is 0 Å². The monoisotopic (exact) mass is 385 g/mol. The van der Waals surface area contributed by atoms with E-state index >= 15 is 0 Å². The fourth-order valence-corrected chi connectivity index (χ4v) is 3.25. The number of anilines is 1. The zero-order valence-electron chi connectivity index (χ0n) is 14.5. The van der Waals surface area contributed by atoms with Gasteiger partial charge < -0.3 is 9.47 Å². The molecule has 0 bridgehead atoms. The van der Waals surface area contributed by atoms with Crippen LogP contribution in [-0.2, 0) is 4.79 Å². The van der Waals surface area contributed by atoms with Crippen molar-refractivity contribution in [2.75, 3.05) is 19.5 Å². The number of thiazole rings is 1. The van der Waals surface area contributed by atoms with Crippen LogP contribution in [0.15, 0.2) is 42.5 Å². The first-order valence-electron chi connectivity index (χ1n) is 7.76. The average molecular weight is 385 g/mol. The maximum atomic E-state index is 12.2. The third-order valence-electron chi connectivity index (χ3n) is 3.67. The highest BCUT2D eigenvalue weighted by atomic mass is 32.1. The number of benzene rings is 2. The molecule has 1 aromatic heterocycles. The molecule has 2 aromatic carbocycles. The molecule has 0 aliphatic carbocycles. The highest BCUT2D eigenvalue weighted by Gasteiger charge is 2.11. The van der Waals surface area contributed by atoms with Crippen LogP contribution in [0.25, 0.3) is 16.3 Å². The van der Waals surface area contributed by atoms with Crippen molar-refractivity contribution in [2.45, 2.75) is 0 Å². The normalized spacial score (nSPS) is 10.9. The summed E-state index contributed by atoms with van der Waals surface area (Å²) < 4.78 is 11.0. The minimum absolute atomic E-state index is 0.0180. The van der Waals surface area contributed by atoms with E-state index in [1.165, 1.54) is 36.7 Å². The summed E-state index contributed by atoms with van der Waals surface area (Å²) >= 11 is 1.17. The Morgan fingerprint density at radius 3 is 2.74 bits per heavy atom. The van der Waals surface area contributed by atoms with Crippen LogP contribution < -0.4 is 14.8 Å². The molecule has 3 aromatic rings. The number of carbonyl (C=O) groups is 1. The zero-order chi connectivity index (χ0) is 19.4. The molecular weight excluding hydrogens is 370 g/mol. The van der Waals surface area contributed by atoms with Gasteiger partial charge in [0.2, 0.25) is 5.91 Å². The van der Waals surface area contributed by atoms with Crippen molar-refractivity contribution in [1.29, 1.82) is 0 Å². The minimum atomic E-state index is -0.470.